The molecule has 0 heterocycles. The molecule has 132 valence electrons. The van der Waals surface area contributed by atoms with Gasteiger partial charge in [0.15, 0.2) is 0 Å². The molecule has 6 heteroatoms. The van der Waals surface area contributed by atoms with E-state index in [1.54, 1.807) is 36.4 Å². The second-order valence-corrected chi connectivity index (χ2v) is 5.41. The van der Waals surface area contributed by atoms with E-state index in [0.717, 1.165) is 5.56 Å². The Kier molecular flexibility index (Phi) is 6.98. The van der Waals surface area contributed by atoms with Crippen molar-refractivity contribution in [2.24, 2.45) is 5.73 Å². The molecule has 0 aliphatic heterocycles. The average Bonchev–Trinajstić information content (AvgIpc) is 2.66. The van der Waals surface area contributed by atoms with Crippen LogP contribution in [0.15, 0.2) is 48.5 Å². The Bertz CT molecular complexity index is 696. The summed E-state index contributed by atoms with van der Waals surface area (Å²) in [6.45, 7) is 0.872. The lowest BCUT2D eigenvalue weighted by molar-refractivity contribution is -0.140. The zero-order valence-corrected chi connectivity index (χ0v) is 14.2. The third-order valence-electron chi connectivity index (χ3n) is 3.59. The largest absolute Gasteiger partial charge is 0.494 e. The van der Waals surface area contributed by atoms with Gasteiger partial charge in [0, 0.05) is 24.2 Å². The molecule has 0 aliphatic carbocycles. The summed E-state index contributed by atoms with van der Waals surface area (Å²) in [6.07, 6.45) is 0.914. The van der Waals surface area contributed by atoms with Crippen molar-refractivity contribution in [2.75, 3.05) is 19.0 Å². The smallest absolute Gasteiger partial charge is 0.305 e. The highest BCUT2D eigenvalue weighted by atomic mass is 16.5. The van der Waals surface area contributed by atoms with E-state index in [0.29, 0.717) is 43.0 Å². The molecule has 3 N–H and O–H groups in total. The number of nitrogens with two attached hydrogens (primary N) is 1. The Morgan fingerprint density at radius 2 is 1.72 bits per heavy atom. The molecule has 6 nitrogen and oxygen atoms in total. The minimum Gasteiger partial charge on any atom is -0.494 e. The highest BCUT2D eigenvalue weighted by Gasteiger charge is 2.06. The number of amides is 1. The first-order valence-corrected chi connectivity index (χ1v) is 8.02. The Morgan fingerprint density at radius 1 is 1.04 bits per heavy atom. The first kappa shape index (κ1) is 18.5. The van der Waals surface area contributed by atoms with Gasteiger partial charge in [-0.25, -0.2) is 0 Å². The van der Waals surface area contributed by atoms with Gasteiger partial charge in [0.25, 0.3) is 5.91 Å². The predicted molar refractivity (Wildman–Crippen MR) is 95.5 cm³/mol. The number of hydrogen-bond donors (Lipinski definition) is 2. The summed E-state index contributed by atoms with van der Waals surface area (Å²) < 4.78 is 10.1. The van der Waals surface area contributed by atoms with Crippen molar-refractivity contribution in [1.82, 2.24) is 0 Å². The minimum absolute atomic E-state index is 0.185. The van der Waals surface area contributed by atoms with Crippen molar-refractivity contribution in [2.45, 2.75) is 19.4 Å². The number of carbonyl (C=O) groups excluding carboxylic acids is 2. The molecule has 0 unspecified atom stereocenters. The topological polar surface area (TPSA) is 90.6 Å². The van der Waals surface area contributed by atoms with Crippen molar-refractivity contribution in [3.63, 3.8) is 0 Å². The Labute approximate surface area is 146 Å². The standard InChI is InChI=1S/C19H22N2O4/c1-24-18(22)3-2-12-25-17-10-8-16(9-11-17)21-19(23)15-6-4-14(13-20)5-7-15/h4-11H,2-3,12-13,20H2,1H3,(H,21,23). The first-order chi connectivity index (χ1) is 12.1. The third kappa shape index (κ3) is 5.93. The van der Waals surface area contributed by atoms with E-state index >= 15 is 0 Å². The predicted octanol–water partition coefficient (Wildman–Crippen LogP) is 2.73. The SMILES string of the molecule is COC(=O)CCCOc1ccc(NC(=O)c2ccc(CN)cc2)cc1. The van der Waals surface area contributed by atoms with Crippen LogP contribution in [-0.4, -0.2) is 25.6 Å². The lowest BCUT2D eigenvalue weighted by Gasteiger charge is -2.08. The van der Waals surface area contributed by atoms with E-state index in [1.807, 2.05) is 12.1 Å². The monoisotopic (exact) mass is 342 g/mol. The van der Waals surface area contributed by atoms with Crippen LogP contribution in [0.4, 0.5) is 5.69 Å². The zero-order valence-electron chi connectivity index (χ0n) is 14.2. The van der Waals surface area contributed by atoms with Gasteiger partial charge in [-0.2, -0.15) is 0 Å². The molecule has 0 bridgehead atoms. The maximum absolute atomic E-state index is 12.2. The summed E-state index contributed by atoms with van der Waals surface area (Å²) in [5.74, 6) is 0.242. The molecule has 0 saturated heterocycles. The zero-order chi connectivity index (χ0) is 18.1. The van der Waals surface area contributed by atoms with Gasteiger partial charge in [0.2, 0.25) is 0 Å². The summed E-state index contributed by atoms with van der Waals surface area (Å²) in [6, 6.07) is 14.2. The van der Waals surface area contributed by atoms with Gasteiger partial charge in [0.05, 0.1) is 13.7 Å². The highest BCUT2D eigenvalue weighted by Crippen LogP contribution is 2.17. The summed E-state index contributed by atoms with van der Waals surface area (Å²) in [7, 11) is 1.36. The van der Waals surface area contributed by atoms with Gasteiger partial charge in [-0.15, -0.1) is 0 Å². The first-order valence-electron chi connectivity index (χ1n) is 8.02. The molecule has 0 aromatic heterocycles. The number of carbonyl (C=O) groups is 2. The van der Waals surface area contributed by atoms with Gasteiger partial charge in [-0.05, 0) is 48.4 Å². The average molecular weight is 342 g/mol. The van der Waals surface area contributed by atoms with Crippen molar-refractivity contribution in [3.8, 4) is 5.75 Å². The van der Waals surface area contributed by atoms with Gasteiger partial charge in [-0.3, -0.25) is 9.59 Å². The van der Waals surface area contributed by atoms with Crippen LogP contribution in [-0.2, 0) is 16.1 Å². The molecule has 0 spiro atoms. The second kappa shape index (κ2) is 9.44. The van der Waals surface area contributed by atoms with E-state index in [4.69, 9.17) is 10.5 Å². The molecule has 0 atom stereocenters. The van der Waals surface area contributed by atoms with Gasteiger partial charge in [-0.1, -0.05) is 12.1 Å². The minimum atomic E-state index is -0.249. The molecule has 2 rings (SSSR count). The van der Waals surface area contributed by atoms with E-state index in [2.05, 4.69) is 10.1 Å². The molecular weight excluding hydrogens is 320 g/mol. The summed E-state index contributed by atoms with van der Waals surface area (Å²) in [5.41, 5.74) is 7.77. The number of nitrogens with one attached hydrogen (secondary N) is 1. The number of methoxy groups -OCH3 is 1. The molecule has 0 saturated carbocycles. The van der Waals surface area contributed by atoms with Crippen molar-refractivity contribution >= 4 is 17.6 Å². The quantitative estimate of drug-likeness (QED) is 0.568. The molecule has 25 heavy (non-hydrogen) atoms. The molecule has 0 radical (unpaired) electrons. The maximum atomic E-state index is 12.2. The molecule has 2 aromatic rings. The summed E-state index contributed by atoms with van der Waals surface area (Å²) >= 11 is 0. The lowest BCUT2D eigenvalue weighted by atomic mass is 10.1. The van der Waals surface area contributed by atoms with Crippen LogP contribution in [0.5, 0.6) is 5.75 Å². The Hall–Kier alpha value is -2.86. The number of hydrogen-bond acceptors (Lipinski definition) is 5. The summed E-state index contributed by atoms with van der Waals surface area (Å²) in [5, 5.41) is 2.83. The van der Waals surface area contributed by atoms with Crippen LogP contribution >= 0.6 is 0 Å². The Balaban J connectivity index is 1.82. The molecule has 0 aliphatic rings. The normalized spacial score (nSPS) is 10.2. The fraction of sp³-hybridized carbons (Fsp3) is 0.263. The van der Waals surface area contributed by atoms with E-state index in [1.165, 1.54) is 7.11 Å². The molecular formula is C19H22N2O4. The van der Waals surface area contributed by atoms with Crippen LogP contribution < -0.4 is 15.8 Å². The van der Waals surface area contributed by atoms with Gasteiger partial charge >= 0.3 is 5.97 Å². The third-order valence-corrected chi connectivity index (χ3v) is 3.59. The molecule has 0 fully saturated rings. The fourth-order valence-corrected chi connectivity index (χ4v) is 2.14. The van der Waals surface area contributed by atoms with Crippen LogP contribution in [0, 0.1) is 0 Å². The van der Waals surface area contributed by atoms with Crippen LogP contribution in [0.1, 0.15) is 28.8 Å². The summed E-state index contributed by atoms with van der Waals surface area (Å²) in [4.78, 5) is 23.2. The van der Waals surface area contributed by atoms with Gasteiger partial charge in [0.1, 0.15) is 5.75 Å². The number of rotatable bonds is 8. The Morgan fingerprint density at radius 3 is 2.32 bits per heavy atom. The number of ether oxygens (including phenoxy) is 2. The number of anilines is 1. The molecule has 1 amide bonds. The van der Waals surface area contributed by atoms with Crippen molar-refractivity contribution in [1.29, 1.82) is 0 Å². The van der Waals surface area contributed by atoms with Crippen LogP contribution in [0.2, 0.25) is 0 Å². The fourth-order valence-electron chi connectivity index (χ4n) is 2.14. The number of esters is 1. The van der Waals surface area contributed by atoms with Crippen molar-refractivity contribution < 1.29 is 19.1 Å². The van der Waals surface area contributed by atoms with E-state index in [9.17, 15) is 9.59 Å². The van der Waals surface area contributed by atoms with Crippen LogP contribution in [0.25, 0.3) is 0 Å². The number of benzene rings is 2. The van der Waals surface area contributed by atoms with Crippen molar-refractivity contribution in [3.05, 3.63) is 59.7 Å². The highest BCUT2D eigenvalue weighted by molar-refractivity contribution is 6.04. The van der Waals surface area contributed by atoms with E-state index in [-0.39, 0.29) is 11.9 Å². The van der Waals surface area contributed by atoms with Gasteiger partial charge < -0.3 is 20.5 Å². The van der Waals surface area contributed by atoms with E-state index < -0.39 is 0 Å². The maximum Gasteiger partial charge on any atom is 0.305 e. The van der Waals surface area contributed by atoms with Crippen LogP contribution in [0.3, 0.4) is 0 Å². The lowest BCUT2D eigenvalue weighted by Crippen LogP contribution is -2.12. The second-order valence-electron chi connectivity index (χ2n) is 5.41. The molecule has 2 aromatic carbocycles.